The van der Waals surface area contributed by atoms with E-state index in [1.54, 1.807) is 0 Å². The number of fused-ring (bicyclic) bond motifs is 3. The first-order chi connectivity index (χ1) is 25.2. The molecule has 0 atom stereocenters. The van der Waals surface area contributed by atoms with Gasteiger partial charge >= 0.3 is 0 Å². The van der Waals surface area contributed by atoms with Gasteiger partial charge in [0.2, 0.25) is 0 Å². The summed E-state index contributed by atoms with van der Waals surface area (Å²) in [6.07, 6.45) is 0. The van der Waals surface area contributed by atoms with Crippen molar-refractivity contribution in [3.8, 4) is 67.5 Å². The Morgan fingerprint density at radius 3 is 0.863 bits per heavy atom. The predicted molar refractivity (Wildman–Crippen MR) is 208 cm³/mol. The SMILES string of the molecule is c1ccc(-c2nc3cccc(-c4cc(-c5cccc6nc(-c7ccccc7)[nH]c56)cc(-c5cccc6nc(-c7ccccc7)[nH]c56)c4)c3[nH]2)cc1. The summed E-state index contributed by atoms with van der Waals surface area (Å²) >= 11 is 0. The van der Waals surface area contributed by atoms with E-state index in [-0.39, 0.29) is 0 Å². The van der Waals surface area contributed by atoms with Crippen molar-refractivity contribution in [1.29, 1.82) is 0 Å². The summed E-state index contributed by atoms with van der Waals surface area (Å²) < 4.78 is 0. The van der Waals surface area contributed by atoms with Gasteiger partial charge in [-0.25, -0.2) is 15.0 Å². The van der Waals surface area contributed by atoms with Crippen LogP contribution >= 0.6 is 0 Å². The lowest BCUT2D eigenvalue weighted by atomic mass is 9.92. The van der Waals surface area contributed by atoms with Crippen molar-refractivity contribution < 1.29 is 0 Å². The molecule has 3 aromatic heterocycles. The number of nitrogens with one attached hydrogen (secondary N) is 3. The maximum absolute atomic E-state index is 4.99. The lowest BCUT2D eigenvalue weighted by Gasteiger charge is -2.13. The zero-order chi connectivity index (χ0) is 33.7. The second kappa shape index (κ2) is 11.8. The van der Waals surface area contributed by atoms with E-state index in [0.29, 0.717) is 0 Å². The van der Waals surface area contributed by atoms with Gasteiger partial charge in [0, 0.05) is 33.4 Å². The number of imidazole rings is 3. The molecule has 0 aliphatic carbocycles. The molecule has 0 amide bonds. The van der Waals surface area contributed by atoms with E-state index in [0.717, 1.165) is 101 Å². The number of rotatable bonds is 6. The average molecular weight is 655 g/mol. The molecule has 7 aromatic carbocycles. The highest BCUT2D eigenvalue weighted by Crippen LogP contribution is 2.40. The van der Waals surface area contributed by atoms with Gasteiger partial charge in [-0.2, -0.15) is 0 Å². The van der Waals surface area contributed by atoms with Crippen molar-refractivity contribution in [3.05, 3.63) is 164 Å². The highest BCUT2D eigenvalue weighted by molar-refractivity contribution is 6.01. The number of aromatic nitrogens is 6. The average Bonchev–Trinajstić information content (AvgIpc) is 3.96. The van der Waals surface area contributed by atoms with E-state index in [4.69, 9.17) is 15.0 Å². The summed E-state index contributed by atoms with van der Waals surface area (Å²) in [5.41, 5.74) is 15.4. The van der Waals surface area contributed by atoms with Crippen LogP contribution in [0.4, 0.5) is 0 Å². The third-order valence-electron chi connectivity index (χ3n) is 9.56. The molecule has 10 rings (SSSR count). The summed E-state index contributed by atoms with van der Waals surface area (Å²) in [5.74, 6) is 2.54. The maximum Gasteiger partial charge on any atom is 0.138 e. The van der Waals surface area contributed by atoms with E-state index in [9.17, 15) is 0 Å². The molecule has 6 nitrogen and oxygen atoms in total. The van der Waals surface area contributed by atoms with Crippen LogP contribution in [-0.4, -0.2) is 29.9 Å². The van der Waals surface area contributed by atoms with Crippen molar-refractivity contribution in [2.24, 2.45) is 0 Å². The van der Waals surface area contributed by atoms with Gasteiger partial charge in [0.15, 0.2) is 0 Å². The zero-order valence-electron chi connectivity index (χ0n) is 27.4. The molecule has 0 spiro atoms. The van der Waals surface area contributed by atoms with Crippen LogP contribution in [0.25, 0.3) is 101 Å². The maximum atomic E-state index is 4.99. The molecular formula is C45H30N6. The number of para-hydroxylation sites is 3. The van der Waals surface area contributed by atoms with Crippen LogP contribution in [0.3, 0.4) is 0 Å². The Morgan fingerprint density at radius 2 is 0.569 bits per heavy atom. The minimum Gasteiger partial charge on any atom is -0.337 e. The van der Waals surface area contributed by atoms with Gasteiger partial charge < -0.3 is 15.0 Å². The van der Waals surface area contributed by atoms with Gasteiger partial charge in [0.05, 0.1) is 33.1 Å². The Bertz CT molecular complexity index is 2520. The monoisotopic (exact) mass is 654 g/mol. The molecule has 0 saturated heterocycles. The van der Waals surface area contributed by atoms with Gasteiger partial charge in [-0.3, -0.25) is 0 Å². The topological polar surface area (TPSA) is 86.0 Å². The molecule has 0 unspecified atom stereocenters. The molecule has 10 aromatic rings. The van der Waals surface area contributed by atoms with Crippen molar-refractivity contribution in [2.75, 3.05) is 0 Å². The normalized spacial score (nSPS) is 11.5. The second-order valence-electron chi connectivity index (χ2n) is 12.8. The smallest absolute Gasteiger partial charge is 0.138 e. The highest BCUT2D eigenvalue weighted by Gasteiger charge is 2.18. The quantitative estimate of drug-likeness (QED) is 0.167. The third-order valence-corrected chi connectivity index (χ3v) is 9.56. The highest BCUT2D eigenvalue weighted by atomic mass is 14.9. The zero-order valence-corrected chi connectivity index (χ0v) is 27.4. The van der Waals surface area contributed by atoms with Crippen molar-refractivity contribution >= 4 is 33.1 Å². The molecule has 51 heavy (non-hydrogen) atoms. The van der Waals surface area contributed by atoms with Crippen LogP contribution in [-0.2, 0) is 0 Å². The fourth-order valence-electron chi connectivity index (χ4n) is 7.11. The summed E-state index contributed by atoms with van der Waals surface area (Å²) in [7, 11) is 0. The van der Waals surface area contributed by atoms with Gasteiger partial charge in [0.1, 0.15) is 17.5 Å². The summed E-state index contributed by atoms with van der Waals surface area (Å²) in [5, 5.41) is 0. The van der Waals surface area contributed by atoms with E-state index in [1.807, 2.05) is 54.6 Å². The molecule has 6 heteroatoms. The molecule has 0 fully saturated rings. The third kappa shape index (κ3) is 5.09. The molecular weight excluding hydrogens is 625 g/mol. The molecule has 240 valence electrons. The number of aromatic amines is 3. The number of benzene rings is 7. The van der Waals surface area contributed by atoms with E-state index in [1.165, 1.54) is 0 Å². The van der Waals surface area contributed by atoms with Gasteiger partial charge in [0.25, 0.3) is 0 Å². The summed E-state index contributed by atoms with van der Waals surface area (Å²) in [4.78, 5) is 25.9. The minimum atomic E-state index is 0.848. The Labute approximate surface area is 293 Å². The molecule has 0 aliphatic rings. The fourth-order valence-corrected chi connectivity index (χ4v) is 7.11. The largest absolute Gasteiger partial charge is 0.337 e. The Balaban J connectivity index is 1.20. The number of nitrogens with zero attached hydrogens (tertiary/aromatic N) is 3. The van der Waals surface area contributed by atoms with Crippen molar-refractivity contribution in [3.63, 3.8) is 0 Å². The Kier molecular flexibility index (Phi) is 6.70. The van der Waals surface area contributed by atoms with Crippen LogP contribution in [0.1, 0.15) is 0 Å². The van der Waals surface area contributed by atoms with Crippen molar-refractivity contribution in [2.45, 2.75) is 0 Å². The molecule has 0 saturated carbocycles. The first-order valence-electron chi connectivity index (χ1n) is 17.0. The van der Waals surface area contributed by atoms with Gasteiger partial charge in [-0.15, -0.1) is 0 Å². The second-order valence-corrected chi connectivity index (χ2v) is 12.8. The lowest BCUT2D eigenvalue weighted by Crippen LogP contribution is -1.89. The minimum absolute atomic E-state index is 0.848. The standard InChI is InChI=1S/C45H30N6/c1-4-13-28(14-5-1)43-46-37-22-10-19-34(40(37)49-43)31-25-32(35-20-11-23-38-41(35)50-44(47-38)29-15-6-2-7-16-29)27-33(26-31)36-21-12-24-39-42(36)51-45(48-39)30-17-8-3-9-18-30/h1-27H,(H,46,49)(H,47,50)(H,48,51). The molecule has 0 radical (unpaired) electrons. The first kappa shape index (κ1) is 28.9. The van der Waals surface area contributed by atoms with Crippen LogP contribution in [0.2, 0.25) is 0 Å². The van der Waals surface area contributed by atoms with Gasteiger partial charge in [-0.1, -0.05) is 127 Å². The number of hydrogen-bond acceptors (Lipinski definition) is 3. The molecule has 0 bridgehead atoms. The van der Waals surface area contributed by atoms with Gasteiger partial charge in [-0.05, 0) is 53.1 Å². The van der Waals surface area contributed by atoms with E-state index in [2.05, 4.69) is 124 Å². The molecule has 3 N–H and O–H groups in total. The van der Waals surface area contributed by atoms with Crippen molar-refractivity contribution in [1.82, 2.24) is 29.9 Å². The summed E-state index contributed by atoms with van der Waals surface area (Å²) in [6, 6.07) is 56.6. The van der Waals surface area contributed by atoms with Crippen LogP contribution in [0, 0.1) is 0 Å². The number of H-pyrrole nitrogens is 3. The van der Waals surface area contributed by atoms with Crippen LogP contribution in [0.5, 0.6) is 0 Å². The van der Waals surface area contributed by atoms with E-state index >= 15 is 0 Å². The first-order valence-corrected chi connectivity index (χ1v) is 17.0. The molecule has 0 aliphatic heterocycles. The van der Waals surface area contributed by atoms with Crippen LogP contribution in [0.15, 0.2) is 164 Å². The lowest BCUT2D eigenvalue weighted by molar-refractivity contribution is 1.34. The molecule has 3 heterocycles. The van der Waals surface area contributed by atoms with Crippen LogP contribution < -0.4 is 0 Å². The number of hydrogen-bond donors (Lipinski definition) is 3. The fraction of sp³-hybridized carbons (Fsp3) is 0. The van der Waals surface area contributed by atoms with E-state index < -0.39 is 0 Å². The Morgan fingerprint density at radius 1 is 0.275 bits per heavy atom. The summed E-state index contributed by atoms with van der Waals surface area (Å²) in [6.45, 7) is 0. The predicted octanol–water partition coefficient (Wildman–Crippen LogP) is 11.3. The Hall–Kier alpha value is -7.05.